The molecule has 124 valence electrons. The molecular formula is C19H26N2S2. The first-order valence-corrected chi connectivity index (χ1v) is 10.4. The van der Waals surface area contributed by atoms with Gasteiger partial charge in [-0.1, -0.05) is 18.7 Å². The predicted octanol–water partition coefficient (Wildman–Crippen LogP) is 4.52. The van der Waals surface area contributed by atoms with Crippen molar-refractivity contribution in [2.24, 2.45) is 0 Å². The summed E-state index contributed by atoms with van der Waals surface area (Å²) in [4.78, 5) is 3.94. The molecule has 0 bridgehead atoms. The highest BCUT2D eigenvalue weighted by atomic mass is 32.2. The van der Waals surface area contributed by atoms with Gasteiger partial charge in [-0.2, -0.15) is 11.8 Å². The molecule has 2 aromatic rings. The van der Waals surface area contributed by atoms with E-state index in [0.717, 1.165) is 12.2 Å². The van der Waals surface area contributed by atoms with Gasteiger partial charge in [0.2, 0.25) is 0 Å². The molecule has 2 heterocycles. The van der Waals surface area contributed by atoms with Crippen molar-refractivity contribution in [1.29, 1.82) is 0 Å². The van der Waals surface area contributed by atoms with Crippen LogP contribution in [0.3, 0.4) is 0 Å². The molecule has 1 saturated heterocycles. The molecule has 0 aliphatic carbocycles. The van der Waals surface area contributed by atoms with Crippen LogP contribution in [0, 0.1) is 13.8 Å². The van der Waals surface area contributed by atoms with E-state index in [1.54, 1.807) is 0 Å². The van der Waals surface area contributed by atoms with E-state index in [9.17, 15) is 0 Å². The highest BCUT2D eigenvalue weighted by Gasteiger charge is 2.12. The van der Waals surface area contributed by atoms with Gasteiger partial charge in [-0.25, -0.2) is 0 Å². The van der Waals surface area contributed by atoms with E-state index in [0.29, 0.717) is 0 Å². The molecule has 4 heteroatoms. The molecule has 1 N–H and O–H groups in total. The van der Waals surface area contributed by atoms with Gasteiger partial charge in [0.05, 0.1) is 0 Å². The van der Waals surface area contributed by atoms with Crippen LogP contribution >= 0.6 is 23.1 Å². The zero-order chi connectivity index (χ0) is 16.2. The number of nitrogens with zero attached hydrogens (tertiary/aromatic N) is 1. The Morgan fingerprint density at radius 1 is 1.26 bits per heavy atom. The van der Waals surface area contributed by atoms with Crippen molar-refractivity contribution in [2.75, 3.05) is 37.7 Å². The Morgan fingerprint density at radius 2 is 2.04 bits per heavy atom. The van der Waals surface area contributed by atoms with Crippen molar-refractivity contribution in [3.8, 4) is 0 Å². The van der Waals surface area contributed by atoms with Crippen LogP contribution in [0.1, 0.15) is 22.4 Å². The standard InChI is InChI=1S/C19H26N2S2/c1-14-5-6-17-18(13-14)23-16(3)19(17)15(2)20-7-4-8-21-9-11-22-12-10-21/h5-6,13,20H,2,4,7-12H2,1,3H3. The molecule has 2 nitrogen and oxygen atoms in total. The lowest BCUT2D eigenvalue weighted by Gasteiger charge is -2.26. The molecule has 1 aliphatic heterocycles. The minimum absolute atomic E-state index is 1.01. The Bertz CT molecular complexity index is 684. The van der Waals surface area contributed by atoms with Crippen molar-refractivity contribution in [3.63, 3.8) is 0 Å². The summed E-state index contributed by atoms with van der Waals surface area (Å²) in [5.74, 6) is 2.58. The van der Waals surface area contributed by atoms with Gasteiger partial charge in [0, 0.05) is 57.4 Å². The van der Waals surface area contributed by atoms with E-state index < -0.39 is 0 Å². The number of hydrogen-bond donors (Lipinski definition) is 1. The quantitative estimate of drug-likeness (QED) is 0.774. The topological polar surface area (TPSA) is 15.3 Å². The number of benzene rings is 1. The molecule has 0 amide bonds. The van der Waals surface area contributed by atoms with Crippen molar-refractivity contribution in [1.82, 2.24) is 10.2 Å². The van der Waals surface area contributed by atoms with Crippen LogP contribution in [0.4, 0.5) is 0 Å². The molecule has 1 fully saturated rings. The molecule has 0 unspecified atom stereocenters. The van der Waals surface area contributed by atoms with Crippen LogP contribution in [0.5, 0.6) is 0 Å². The van der Waals surface area contributed by atoms with Gasteiger partial charge in [-0.3, -0.25) is 0 Å². The Kier molecular flexibility index (Phi) is 5.67. The van der Waals surface area contributed by atoms with E-state index in [1.165, 1.54) is 63.7 Å². The van der Waals surface area contributed by atoms with Gasteiger partial charge in [0.15, 0.2) is 0 Å². The fourth-order valence-corrected chi connectivity index (χ4v) is 5.32. The smallest absolute Gasteiger partial charge is 0.0358 e. The average molecular weight is 347 g/mol. The lowest BCUT2D eigenvalue weighted by Crippen LogP contribution is -2.34. The zero-order valence-electron chi connectivity index (χ0n) is 14.2. The van der Waals surface area contributed by atoms with Crippen LogP contribution in [-0.2, 0) is 0 Å². The van der Waals surface area contributed by atoms with E-state index in [4.69, 9.17) is 0 Å². The predicted molar refractivity (Wildman–Crippen MR) is 107 cm³/mol. The third-order valence-corrected chi connectivity index (χ3v) is 6.43. The Hall–Kier alpha value is -0.970. The van der Waals surface area contributed by atoms with Gasteiger partial charge >= 0.3 is 0 Å². The fourth-order valence-electron chi connectivity index (χ4n) is 3.16. The van der Waals surface area contributed by atoms with Crippen molar-refractivity contribution < 1.29 is 0 Å². The van der Waals surface area contributed by atoms with Gasteiger partial charge in [-0.15, -0.1) is 11.3 Å². The van der Waals surface area contributed by atoms with Crippen molar-refractivity contribution >= 4 is 38.9 Å². The SMILES string of the molecule is C=C(NCCCN1CCSCC1)c1c(C)sc2cc(C)ccc12. The third kappa shape index (κ3) is 4.11. The van der Waals surface area contributed by atoms with Gasteiger partial charge in [0.1, 0.15) is 0 Å². The van der Waals surface area contributed by atoms with Crippen LogP contribution in [0.25, 0.3) is 15.8 Å². The summed E-state index contributed by atoms with van der Waals surface area (Å²) in [5, 5.41) is 4.89. The molecule has 0 saturated carbocycles. The summed E-state index contributed by atoms with van der Waals surface area (Å²) in [5.41, 5.74) is 3.70. The van der Waals surface area contributed by atoms with Gasteiger partial charge in [-0.05, 0) is 38.4 Å². The average Bonchev–Trinajstić information content (AvgIpc) is 2.87. The third-order valence-electron chi connectivity index (χ3n) is 4.42. The number of hydrogen-bond acceptors (Lipinski definition) is 4. The van der Waals surface area contributed by atoms with E-state index in [1.807, 2.05) is 11.3 Å². The molecule has 1 aromatic carbocycles. The number of rotatable bonds is 6. The van der Waals surface area contributed by atoms with E-state index in [-0.39, 0.29) is 0 Å². The minimum Gasteiger partial charge on any atom is -0.385 e. The summed E-state index contributed by atoms with van der Waals surface area (Å²) in [6.07, 6.45) is 1.18. The zero-order valence-corrected chi connectivity index (χ0v) is 15.8. The Balaban J connectivity index is 1.57. The van der Waals surface area contributed by atoms with Gasteiger partial charge < -0.3 is 10.2 Å². The number of nitrogens with one attached hydrogen (secondary N) is 1. The molecule has 0 atom stereocenters. The molecule has 23 heavy (non-hydrogen) atoms. The molecule has 0 radical (unpaired) electrons. The molecule has 1 aliphatic rings. The van der Waals surface area contributed by atoms with Crippen molar-refractivity contribution in [2.45, 2.75) is 20.3 Å². The maximum absolute atomic E-state index is 4.29. The number of fused-ring (bicyclic) bond motifs is 1. The minimum atomic E-state index is 1.01. The largest absolute Gasteiger partial charge is 0.385 e. The van der Waals surface area contributed by atoms with Crippen LogP contribution < -0.4 is 5.32 Å². The monoisotopic (exact) mass is 346 g/mol. The Labute approximate surface area is 148 Å². The lowest BCUT2D eigenvalue weighted by molar-refractivity contribution is 0.299. The molecule has 3 rings (SSSR count). The van der Waals surface area contributed by atoms with Crippen molar-refractivity contribution in [3.05, 3.63) is 40.8 Å². The number of thiophene rings is 1. The summed E-state index contributed by atoms with van der Waals surface area (Å²) in [6, 6.07) is 6.71. The second-order valence-corrected chi connectivity index (χ2v) is 8.73. The maximum atomic E-state index is 4.29. The normalized spacial score (nSPS) is 15.9. The summed E-state index contributed by atoms with van der Waals surface area (Å²) < 4.78 is 1.37. The molecular weight excluding hydrogens is 320 g/mol. The first kappa shape index (κ1) is 16.9. The second kappa shape index (κ2) is 7.73. The summed E-state index contributed by atoms with van der Waals surface area (Å²) >= 11 is 3.95. The fraction of sp³-hybridized carbons (Fsp3) is 0.474. The highest BCUT2D eigenvalue weighted by molar-refractivity contribution is 7.99. The van der Waals surface area contributed by atoms with Crippen LogP contribution in [-0.4, -0.2) is 42.6 Å². The first-order chi connectivity index (χ1) is 11.1. The Morgan fingerprint density at radius 3 is 2.83 bits per heavy atom. The molecule has 1 aromatic heterocycles. The lowest BCUT2D eigenvalue weighted by atomic mass is 10.1. The second-order valence-electron chi connectivity index (χ2n) is 6.25. The first-order valence-electron chi connectivity index (χ1n) is 8.38. The van der Waals surface area contributed by atoms with E-state index >= 15 is 0 Å². The summed E-state index contributed by atoms with van der Waals surface area (Å²) in [7, 11) is 0. The van der Waals surface area contributed by atoms with Gasteiger partial charge in [0.25, 0.3) is 0 Å². The highest BCUT2D eigenvalue weighted by Crippen LogP contribution is 2.34. The van der Waals surface area contributed by atoms with E-state index in [2.05, 4.69) is 60.6 Å². The van der Waals surface area contributed by atoms with Crippen LogP contribution in [0.2, 0.25) is 0 Å². The number of thioether (sulfide) groups is 1. The summed E-state index contributed by atoms with van der Waals surface area (Å²) in [6.45, 7) is 13.3. The molecule has 0 spiro atoms. The maximum Gasteiger partial charge on any atom is 0.0358 e. The number of aryl methyl sites for hydroxylation is 2. The van der Waals surface area contributed by atoms with Crippen LogP contribution in [0.15, 0.2) is 24.8 Å².